The normalized spacial score (nSPS) is 29.6. The monoisotopic (exact) mass is 585 g/mol. The molecule has 0 aromatic heterocycles. The van der Waals surface area contributed by atoms with Crippen LogP contribution in [0.15, 0.2) is 35.5 Å². The van der Waals surface area contributed by atoms with Crippen molar-refractivity contribution < 1.29 is 19.4 Å². The highest BCUT2D eigenvalue weighted by Gasteiger charge is 2.50. The summed E-state index contributed by atoms with van der Waals surface area (Å²) in [7, 11) is 0. The third-order valence-corrected chi connectivity index (χ3v) is 10.5. The first-order valence-electron chi connectivity index (χ1n) is 17.1. The SMILES string of the molecule is C=C1CC[C@H](OCCCNC(=O)CC(C)(C)OCC)C/C1=C/C=C1\CCC[C@]2(C)C([C@H](C)CCCC(C)(C)O)CC[C@@H]12. The summed E-state index contributed by atoms with van der Waals surface area (Å²) in [5, 5.41) is 13.2. The molecule has 0 spiro atoms. The standard InChI is InChI=1S/C37H63NO4/c1-9-42-36(6,7)26-34(39)38-23-12-24-41-31-18-15-27(2)30(25-31)17-16-29-14-11-22-37(8)32(19-20-33(29)37)28(3)13-10-21-35(4,5)40/h16-17,28,31-33,40H,2,9-15,18-26H2,1,3-8H3,(H,38,39)/b29-16+,30-17-/t28-,31+,32?,33+,37-/m1/s1. The number of amides is 1. The molecule has 0 aliphatic heterocycles. The lowest BCUT2D eigenvalue weighted by molar-refractivity contribution is -0.127. The Morgan fingerprint density at radius 2 is 1.93 bits per heavy atom. The molecule has 3 rings (SSSR count). The molecule has 0 radical (unpaired) electrons. The fraction of sp³-hybridized carbons (Fsp3) is 0.811. The number of hydrogen-bond acceptors (Lipinski definition) is 4. The van der Waals surface area contributed by atoms with E-state index in [0.29, 0.717) is 43.4 Å². The van der Waals surface area contributed by atoms with E-state index in [1.807, 2.05) is 34.6 Å². The van der Waals surface area contributed by atoms with Crippen LogP contribution in [0.2, 0.25) is 0 Å². The molecule has 42 heavy (non-hydrogen) atoms. The third kappa shape index (κ3) is 10.3. The van der Waals surface area contributed by atoms with Gasteiger partial charge in [-0.1, -0.05) is 56.6 Å². The molecule has 240 valence electrons. The van der Waals surface area contributed by atoms with Gasteiger partial charge in [0.15, 0.2) is 0 Å². The van der Waals surface area contributed by atoms with E-state index in [1.165, 1.54) is 49.7 Å². The van der Waals surface area contributed by atoms with Gasteiger partial charge in [-0.25, -0.2) is 0 Å². The van der Waals surface area contributed by atoms with Gasteiger partial charge in [0.1, 0.15) is 0 Å². The Labute approximate surface area is 258 Å². The number of ether oxygens (including phenoxy) is 2. The van der Waals surface area contributed by atoms with Crippen LogP contribution in [0.4, 0.5) is 0 Å². The summed E-state index contributed by atoms with van der Waals surface area (Å²) in [6, 6.07) is 0. The Hall–Kier alpha value is -1.43. The van der Waals surface area contributed by atoms with E-state index in [-0.39, 0.29) is 12.0 Å². The molecule has 2 N–H and O–H groups in total. The van der Waals surface area contributed by atoms with Crippen molar-refractivity contribution in [3.05, 3.63) is 35.5 Å². The second-order valence-electron chi connectivity index (χ2n) is 15.1. The van der Waals surface area contributed by atoms with Gasteiger partial charge in [0.05, 0.1) is 23.7 Å². The van der Waals surface area contributed by atoms with Crippen molar-refractivity contribution >= 4 is 5.91 Å². The fourth-order valence-electron chi connectivity index (χ4n) is 8.24. The highest BCUT2D eigenvalue weighted by atomic mass is 16.5. The lowest BCUT2D eigenvalue weighted by Gasteiger charge is -2.44. The summed E-state index contributed by atoms with van der Waals surface area (Å²) < 4.78 is 11.9. The van der Waals surface area contributed by atoms with Crippen molar-refractivity contribution in [3.63, 3.8) is 0 Å². The smallest absolute Gasteiger partial charge is 0.222 e. The number of nitrogens with one attached hydrogen (secondary N) is 1. The quantitative estimate of drug-likeness (QED) is 0.189. The molecule has 0 bridgehead atoms. The first-order chi connectivity index (χ1) is 19.7. The Balaban J connectivity index is 1.49. The van der Waals surface area contributed by atoms with Crippen molar-refractivity contribution in [2.45, 2.75) is 149 Å². The largest absolute Gasteiger partial charge is 0.390 e. The molecule has 3 fully saturated rings. The number of aliphatic hydroxyl groups is 1. The first kappa shape index (κ1) is 35.1. The molecule has 3 aliphatic rings. The van der Waals surface area contributed by atoms with E-state index in [0.717, 1.165) is 44.4 Å². The van der Waals surface area contributed by atoms with E-state index in [9.17, 15) is 9.90 Å². The first-order valence-corrected chi connectivity index (χ1v) is 17.1. The van der Waals surface area contributed by atoms with Gasteiger partial charge in [0.25, 0.3) is 0 Å². The van der Waals surface area contributed by atoms with Crippen LogP contribution in [0.5, 0.6) is 0 Å². The predicted octanol–water partition coefficient (Wildman–Crippen LogP) is 8.47. The zero-order valence-corrected chi connectivity index (χ0v) is 28.2. The Morgan fingerprint density at radius 1 is 1.17 bits per heavy atom. The van der Waals surface area contributed by atoms with Crippen LogP contribution in [0.1, 0.15) is 132 Å². The van der Waals surface area contributed by atoms with Crippen molar-refractivity contribution in [1.29, 1.82) is 0 Å². The summed E-state index contributed by atoms with van der Waals surface area (Å²) in [6.07, 6.45) is 19.0. The highest BCUT2D eigenvalue weighted by Crippen LogP contribution is 2.60. The molecule has 1 unspecified atom stereocenters. The molecule has 5 atom stereocenters. The van der Waals surface area contributed by atoms with Crippen LogP contribution < -0.4 is 5.32 Å². The van der Waals surface area contributed by atoms with Gasteiger partial charge in [-0.3, -0.25) is 4.79 Å². The molecule has 1 amide bonds. The lowest BCUT2D eigenvalue weighted by Crippen LogP contribution is -2.36. The van der Waals surface area contributed by atoms with E-state index in [2.05, 4.69) is 37.9 Å². The molecule has 0 heterocycles. The molecule has 3 saturated carbocycles. The summed E-state index contributed by atoms with van der Waals surface area (Å²) >= 11 is 0. The Morgan fingerprint density at radius 3 is 2.64 bits per heavy atom. The minimum Gasteiger partial charge on any atom is -0.390 e. The third-order valence-electron chi connectivity index (χ3n) is 10.5. The summed E-state index contributed by atoms with van der Waals surface area (Å²) in [6.45, 7) is 21.1. The topological polar surface area (TPSA) is 67.8 Å². The van der Waals surface area contributed by atoms with E-state index >= 15 is 0 Å². The maximum Gasteiger partial charge on any atom is 0.222 e. The summed E-state index contributed by atoms with van der Waals surface area (Å²) in [5.41, 5.74) is 3.69. The van der Waals surface area contributed by atoms with Crippen molar-refractivity contribution in [1.82, 2.24) is 5.32 Å². The van der Waals surface area contributed by atoms with Gasteiger partial charge in [0.2, 0.25) is 5.91 Å². The molecule has 0 aromatic carbocycles. The second-order valence-corrected chi connectivity index (χ2v) is 15.1. The maximum atomic E-state index is 12.2. The number of carbonyl (C=O) groups excluding carboxylic acids is 1. The van der Waals surface area contributed by atoms with Crippen LogP contribution >= 0.6 is 0 Å². The van der Waals surface area contributed by atoms with Gasteiger partial charge in [-0.2, -0.15) is 0 Å². The van der Waals surface area contributed by atoms with Crippen molar-refractivity contribution in [2.24, 2.45) is 23.2 Å². The molecule has 5 nitrogen and oxygen atoms in total. The van der Waals surface area contributed by atoms with Crippen LogP contribution in [0, 0.1) is 23.2 Å². The van der Waals surface area contributed by atoms with Crippen molar-refractivity contribution in [2.75, 3.05) is 19.8 Å². The molecular formula is C37H63NO4. The number of carbonyl (C=O) groups is 1. The number of rotatable bonds is 15. The number of fused-ring (bicyclic) bond motifs is 1. The zero-order chi connectivity index (χ0) is 31.0. The average Bonchev–Trinajstić information content (AvgIpc) is 3.25. The lowest BCUT2D eigenvalue weighted by atomic mass is 9.60. The van der Waals surface area contributed by atoms with Crippen LogP contribution in [-0.2, 0) is 14.3 Å². The Bertz CT molecular complexity index is 957. The van der Waals surface area contributed by atoms with Gasteiger partial charge in [-0.15, -0.1) is 0 Å². The molecule has 0 saturated heterocycles. The van der Waals surface area contributed by atoms with Crippen LogP contribution in [0.3, 0.4) is 0 Å². The number of hydrogen-bond donors (Lipinski definition) is 2. The zero-order valence-electron chi connectivity index (χ0n) is 28.2. The molecule has 5 heteroatoms. The summed E-state index contributed by atoms with van der Waals surface area (Å²) in [4.78, 5) is 12.2. The van der Waals surface area contributed by atoms with Crippen molar-refractivity contribution in [3.8, 4) is 0 Å². The Kier molecular flexibility index (Phi) is 13.0. The van der Waals surface area contributed by atoms with E-state index in [4.69, 9.17) is 9.47 Å². The highest BCUT2D eigenvalue weighted by molar-refractivity contribution is 5.76. The summed E-state index contributed by atoms with van der Waals surface area (Å²) in [5.74, 6) is 2.23. The molecule has 3 aliphatic carbocycles. The maximum absolute atomic E-state index is 12.2. The molecular weight excluding hydrogens is 522 g/mol. The van der Waals surface area contributed by atoms with Gasteiger partial charge < -0.3 is 19.9 Å². The van der Waals surface area contributed by atoms with Gasteiger partial charge in [-0.05, 0) is 128 Å². The minimum atomic E-state index is -0.553. The number of allylic oxidation sites excluding steroid dienone is 4. The second kappa shape index (κ2) is 15.5. The van der Waals surface area contributed by atoms with Gasteiger partial charge in [0, 0.05) is 19.8 Å². The predicted molar refractivity (Wildman–Crippen MR) is 174 cm³/mol. The minimum absolute atomic E-state index is 0.0354. The average molecular weight is 586 g/mol. The fourth-order valence-corrected chi connectivity index (χ4v) is 8.24. The van der Waals surface area contributed by atoms with Gasteiger partial charge >= 0.3 is 0 Å². The van der Waals surface area contributed by atoms with E-state index < -0.39 is 11.2 Å². The van der Waals surface area contributed by atoms with Crippen LogP contribution in [-0.4, -0.2) is 48.1 Å². The van der Waals surface area contributed by atoms with Crippen LogP contribution in [0.25, 0.3) is 0 Å². The van der Waals surface area contributed by atoms with E-state index in [1.54, 1.807) is 5.57 Å². The molecule has 0 aromatic rings.